The number of hydrogen-bond donors (Lipinski definition) is 2. The number of carbonyl (C=O) groups excluding carboxylic acids is 2. The molecule has 21 heavy (non-hydrogen) atoms. The summed E-state index contributed by atoms with van der Waals surface area (Å²) < 4.78 is 26.0. The number of amides is 2. The number of carbonyl (C=O) groups is 2. The molecule has 0 aliphatic rings. The van der Waals surface area contributed by atoms with Crippen LogP contribution >= 0.6 is 0 Å². The van der Waals surface area contributed by atoms with E-state index in [-0.39, 0.29) is 18.0 Å². The van der Waals surface area contributed by atoms with Crippen molar-refractivity contribution in [3.8, 4) is 0 Å². The van der Waals surface area contributed by atoms with E-state index in [9.17, 15) is 18.4 Å². The zero-order valence-corrected chi connectivity index (χ0v) is 10.9. The van der Waals surface area contributed by atoms with Crippen molar-refractivity contribution in [2.24, 2.45) is 0 Å². The molecule has 2 amide bonds. The van der Waals surface area contributed by atoms with E-state index >= 15 is 0 Å². The van der Waals surface area contributed by atoms with Gasteiger partial charge in [-0.2, -0.15) is 0 Å². The molecule has 2 rings (SSSR count). The zero-order chi connectivity index (χ0) is 15.2. The largest absolute Gasteiger partial charge is 0.344 e. The number of halogens is 2. The van der Waals surface area contributed by atoms with Crippen molar-refractivity contribution < 1.29 is 18.4 Å². The second-order valence-electron chi connectivity index (χ2n) is 4.24. The molecule has 4 nitrogen and oxygen atoms in total. The van der Waals surface area contributed by atoms with Gasteiger partial charge in [0.25, 0.3) is 0 Å². The van der Waals surface area contributed by atoms with Gasteiger partial charge in [-0.25, -0.2) is 8.78 Å². The highest BCUT2D eigenvalue weighted by atomic mass is 19.1. The van der Waals surface area contributed by atoms with Crippen molar-refractivity contribution in [3.63, 3.8) is 0 Å². The fraction of sp³-hybridized carbons (Fsp3) is 0.0667. The summed E-state index contributed by atoms with van der Waals surface area (Å²) in [5, 5.41) is 4.53. The van der Waals surface area contributed by atoms with Gasteiger partial charge in [0, 0.05) is 6.54 Å². The molecule has 0 saturated carbocycles. The van der Waals surface area contributed by atoms with E-state index in [4.69, 9.17) is 0 Å². The SMILES string of the molecule is O=C(NCc1ccc(F)cc1)C(=O)Nc1ccccc1F. The minimum atomic E-state index is -0.970. The molecule has 0 unspecified atom stereocenters. The Labute approximate surface area is 119 Å². The molecule has 0 aliphatic carbocycles. The number of benzene rings is 2. The highest BCUT2D eigenvalue weighted by Crippen LogP contribution is 2.11. The van der Waals surface area contributed by atoms with Gasteiger partial charge in [0.2, 0.25) is 0 Å². The highest BCUT2D eigenvalue weighted by Gasteiger charge is 2.14. The Morgan fingerprint density at radius 1 is 0.905 bits per heavy atom. The molecular weight excluding hydrogens is 278 g/mol. The molecule has 0 spiro atoms. The van der Waals surface area contributed by atoms with Crippen LogP contribution in [-0.2, 0) is 16.1 Å². The average Bonchev–Trinajstić information content (AvgIpc) is 2.48. The van der Waals surface area contributed by atoms with Gasteiger partial charge in [0.15, 0.2) is 0 Å². The van der Waals surface area contributed by atoms with Gasteiger partial charge in [0.05, 0.1) is 5.69 Å². The number of nitrogens with one attached hydrogen (secondary N) is 2. The van der Waals surface area contributed by atoms with Crippen LogP contribution in [0.3, 0.4) is 0 Å². The maximum absolute atomic E-state index is 13.3. The molecule has 2 N–H and O–H groups in total. The van der Waals surface area contributed by atoms with E-state index in [1.165, 1.54) is 48.5 Å². The molecule has 0 aromatic heterocycles. The molecular formula is C15H12F2N2O2. The van der Waals surface area contributed by atoms with Gasteiger partial charge in [0.1, 0.15) is 11.6 Å². The van der Waals surface area contributed by atoms with Crippen molar-refractivity contribution in [1.29, 1.82) is 0 Å². The summed E-state index contributed by atoms with van der Waals surface area (Å²) in [6.07, 6.45) is 0. The maximum atomic E-state index is 13.3. The molecule has 108 valence electrons. The molecule has 0 atom stereocenters. The normalized spacial score (nSPS) is 10.0. The van der Waals surface area contributed by atoms with Gasteiger partial charge >= 0.3 is 11.8 Å². The standard InChI is InChI=1S/C15H12F2N2O2/c16-11-7-5-10(6-8-11)9-18-14(20)15(21)19-13-4-2-1-3-12(13)17/h1-8H,9H2,(H,18,20)(H,19,21). The molecule has 0 radical (unpaired) electrons. The molecule has 6 heteroatoms. The van der Waals surface area contributed by atoms with Gasteiger partial charge < -0.3 is 10.6 Å². The fourth-order valence-corrected chi connectivity index (χ4v) is 1.61. The van der Waals surface area contributed by atoms with E-state index in [0.29, 0.717) is 5.56 Å². The Balaban J connectivity index is 1.90. The molecule has 0 bridgehead atoms. The third-order valence-electron chi connectivity index (χ3n) is 2.69. The smallest absolute Gasteiger partial charge is 0.313 e. The van der Waals surface area contributed by atoms with E-state index in [0.717, 1.165) is 0 Å². The van der Waals surface area contributed by atoms with Crippen LogP contribution in [0.15, 0.2) is 48.5 Å². The van der Waals surface area contributed by atoms with Crippen molar-refractivity contribution in [3.05, 3.63) is 65.7 Å². The Morgan fingerprint density at radius 3 is 2.24 bits per heavy atom. The first-order valence-electron chi connectivity index (χ1n) is 6.14. The Morgan fingerprint density at radius 2 is 1.57 bits per heavy atom. The van der Waals surface area contributed by atoms with E-state index < -0.39 is 17.6 Å². The van der Waals surface area contributed by atoms with Crippen LogP contribution < -0.4 is 10.6 Å². The lowest BCUT2D eigenvalue weighted by atomic mass is 10.2. The number of rotatable bonds is 3. The van der Waals surface area contributed by atoms with Crippen LogP contribution in [0.25, 0.3) is 0 Å². The number of para-hydroxylation sites is 1. The summed E-state index contributed by atoms with van der Waals surface area (Å²) in [4.78, 5) is 23.2. The van der Waals surface area contributed by atoms with E-state index in [2.05, 4.69) is 10.6 Å². The van der Waals surface area contributed by atoms with Gasteiger partial charge in [-0.15, -0.1) is 0 Å². The van der Waals surface area contributed by atoms with Gasteiger partial charge in [-0.05, 0) is 29.8 Å². The first kappa shape index (κ1) is 14.6. The number of hydrogen-bond acceptors (Lipinski definition) is 2. The predicted molar refractivity (Wildman–Crippen MR) is 73.3 cm³/mol. The van der Waals surface area contributed by atoms with Crippen molar-refractivity contribution in [2.75, 3.05) is 5.32 Å². The van der Waals surface area contributed by atoms with Crippen LogP contribution in [0, 0.1) is 11.6 Å². The summed E-state index contributed by atoms with van der Waals surface area (Å²) >= 11 is 0. The average molecular weight is 290 g/mol. The molecule has 0 aliphatic heterocycles. The predicted octanol–water partition coefficient (Wildman–Crippen LogP) is 2.22. The van der Waals surface area contributed by atoms with E-state index in [1.54, 1.807) is 0 Å². The monoisotopic (exact) mass is 290 g/mol. The van der Waals surface area contributed by atoms with Crippen LogP contribution in [0.1, 0.15) is 5.56 Å². The third-order valence-corrected chi connectivity index (χ3v) is 2.69. The summed E-state index contributed by atoms with van der Waals surface area (Å²) in [7, 11) is 0. The van der Waals surface area contributed by atoms with Crippen LogP contribution in [0.4, 0.5) is 14.5 Å². The molecule has 2 aromatic carbocycles. The summed E-state index contributed by atoms with van der Waals surface area (Å²) in [6.45, 7) is 0.0732. The van der Waals surface area contributed by atoms with Crippen LogP contribution in [0.2, 0.25) is 0 Å². The topological polar surface area (TPSA) is 58.2 Å². The van der Waals surface area contributed by atoms with Crippen molar-refractivity contribution in [1.82, 2.24) is 5.32 Å². The third kappa shape index (κ3) is 4.10. The molecule has 0 heterocycles. The van der Waals surface area contributed by atoms with Gasteiger partial charge in [-0.1, -0.05) is 24.3 Å². The molecule has 0 fully saturated rings. The molecule has 0 saturated heterocycles. The fourth-order valence-electron chi connectivity index (χ4n) is 1.61. The van der Waals surface area contributed by atoms with Crippen LogP contribution in [-0.4, -0.2) is 11.8 Å². The number of anilines is 1. The second-order valence-corrected chi connectivity index (χ2v) is 4.24. The lowest BCUT2D eigenvalue weighted by molar-refractivity contribution is -0.136. The quantitative estimate of drug-likeness (QED) is 0.852. The summed E-state index contributed by atoms with van der Waals surface area (Å²) in [6, 6.07) is 11.0. The maximum Gasteiger partial charge on any atom is 0.313 e. The first-order chi connectivity index (χ1) is 10.1. The lowest BCUT2D eigenvalue weighted by Crippen LogP contribution is -2.35. The lowest BCUT2D eigenvalue weighted by Gasteiger charge is -2.07. The summed E-state index contributed by atoms with van der Waals surface area (Å²) in [5.41, 5.74) is 0.572. The van der Waals surface area contributed by atoms with Gasteiger partial charge in [-0.3, -0.25) is 9.59 Å². The first-order valence-corrected chi connectivity index (χ1v) is 6.14. The van der Waals surface area contributed by atoms with Crippen molar-refractivity contribution >= 4 is 17.5 Å². The minimum absolute atomic E-state index is 0.0700. The Bertz CT molecular complexity index is 657. The van der Waals surface area contributed by atoms with Crippen LogP contribution in [0.5, 0.6) is 0 Å². The zero-order valence-electron chi connectivity index (χ0n) is 10.9. The Kier molecular flexibility index (Phi) is 4.61. The molecule has 2 aromatic rings. The second kappa shape index (κ2) is 6.60. The summed E-state index contributed by atoms with van der Waals surface area (Å²) in [5.74, 6) is -2.88. The van der Waals surface area contributed by atoms with E-state index in [1.807, 2.05) is 0 Å². The Hall–Kier alpha value is -2.76. The highest BCUT2D eigenvalue weighted by molar-refractivity contribution is 6.39. The minimum Gasteiger partial charge on any atom is -0.344 e. The van der Waals surface area contributed by atoms with Crippen molar-refractivity contribution in [2.45, 2.75) is 6.54 Å².